The van der Waals surface area contributed by atoms with Crippen LogP contribution in [-0.4, -0.2) is 50.0 Å². The summed E-state index contributed by atoms with van der Waals surface area (Å²) >= 11 is 0. The number of nitrogens with one attached hydrogen (secondary N) is 2. The van der Waals surface area contributed by atoms with Crippen LogP contribution in [0.1, 0.15) is 24.8 Å². The molecule has 2 N–H and O–H groups in total. The fourth-order valence-electron chi connectivity index (χ4n) is 2.79. The number of rotatable bonds is 5. The summed E-state index contributed by atoms with van der Waals surface area (Å²) in [5.74, 6) is 1.87. The van der Waals surface area contributed by atoms with E-state index in [0.717, 1.165) is 31.1 Å². The van der Waals surface area contributed by atoms with E-state index in [4.69, 9.17) is 4.74 Å². The van der Waals surface area contributed by atoms with E-state index in [1.165, 1.54) is 24.8 Å². The fourth-order valence-corrected chi connectivity index (χ4v) is 2.79. The highest BCUT2D eigenvalue weighted by molar-refractivity contribution is 5.73. The summed E-state index contributed by atoms with van der Waals surface area (Å²) in [7, 11) is 3.24. The monoisotopic (exact) mass is 371 g/mol. The van der Waals surface area contributed by atoms with E-state index in [1.54, 1.807) is 20.4 Å². The molecule has 0 saturated carbocycles. The molecule has 0 radical (unpaired) electrons. The number of hydrogen-bond donors (Lipinski definition) is 2. The number of piperidine rings is 1. The van der Waals surface area contributed by atoms with E-state index in [-0.39, 0.29) is 6.03 Å². The minimum atomic E-state index is -0.150. The molecule has 1 aliphatic rings. The van der Waals surface area contributed by atoms with E-state index in [1.807, 2.05) is 36.4 Å². The summed E-state index contributed by atoms with van der Waals surface area (Å²) in [5.41, 5.74) is 1.17. The van der Waals surface area contributed by atoms with Gasteiger partial charge in [-0.3, -0.25) is 0 Å². The van der Waals surface area contributed by atoms with Crippen LogP contribution in [0.2, 0.25) is 0 Å². The normalized spacial score (nSPS) is 13.2. The number of methoxy groups -OCH3 is 1. The largest absolute Gasteiger partial charge is 0.497 e. The molecular weight excluding hydrogens is 342 g/mol. The second kappa shape index (κ2) is 11.7. The quantitative estimate of drug-likeness (QED) is 0.845. The van der Waals surface area contributed by atoms with Crippen LogP contribution in [0.3, 0.4) is 0 Å². The zero-order valence-corrected chi connectivity index (χ0v) is 16.1. The summed E-state index contributed by atoms with van der Waals surface area (Å²) in [4.78, 5) is 13.2. The second-order valence-electron chi connectivity index (χ2n) is 6.23. The zero-order valence-electron chi connectivity index (χ0n) is 16.1. The highest BCUT2D eigenvalue weighted by Gasteiger charge is 2.11. The predicted molar refractivity (Wildman–Crippen MR) is 107 cm³/mol. The smallest absolute Gasteiger partial charge is 0.314 e. The molecular formula is C20H29N5O2. The van der Waals surface area contributed by atoms with Crippen LogP contribution in [-0.2, 0) is 6.42 Å². The van der Waals surface area contributed by atoms with Gasteiger partial charge in [-0.25, -0.2) is 4.79 Å². The number of carbonyl (C=O) groups excluding carboxylic acids is 1. The number of amides is 2. The van der Waals surface area contributed by atoms with Crippen molar-refractivity contribution in [3.05, 3.63) is 48.2 Å². The van der Waals surface area contributed by atoms with Gasteiger partial charge < -0.3 is 20.3 Å². The van der Waals surface area contributed by atoms with Gasteiger partial charge >= 0.3 is 6.03 Å². The number of carbonyl (C=O) groups is 1. The standard InChI is InChI=1S/C11H16N2O2.C9H13N3/c1-12-11(14)13-8-7-9-3-5-10(15-2)6-4-9;1-2-7-12(8-3-1)9-5-4-6-10-11-9/h3-6H,7-8H2,1-2H3,(H2,12,13,14);4-6H,1-3,7-8H2. The minimum absolute atomic E-state index is 0.150. The topological polar surface area (TPSA) is 79.4 Å². The molecule has 7 nitrogen and oxygen atoms in total. The second-order valence-corrected chi connectivity index (χ2v) is 6.23. The Labute approximate surface area is 161 Å². The van der Waals surface area contributed by atoms with E-state index in [9.17, 15) is 4.79 Å². The van der Waals surface area contributed by atoms with Crippen LogP contribution < -0.4 is 20.3 Å². The van der Waals surface area contributed by atoms with Crippen LogP contribution >= 0.6 is 0 Å². The molecule has 1 aromatic carbocycles. The molecule has 146 valence electrons. The Hall–Kier alpha value is -2.83. The number of nitrogens with zero attached hydrogens (tertiary/aromatic N) is 3. The Morgan fingerprint density at radius 1 is 1.15 bits per heavy atom. The van der Waals surface area contributed by atoms with E-state index < -0.39 is 0 Å². The van der Waals surface area contributed by atoms with Crippen molar-refractivity contribution in [3.63, 3.8) is 0 Å². The van der Waals surface area contributed by atoms with Gasteiger partial charge in [0.1, 0.15) is 5.75 Å². The van der Waals surface area contributed by atoms with Gasteiger partial charge in [0.2, 0.25) is 0 Å². The molecule has 0 aliphatic carbocycles. The summed E-state index contributed by atoms with van der Waals surface area (Å²) in [5, 5.41) is 13.2. The van der Waals surface area contributed by atoms with Gasteiger partial charge in [0.05, 0.1) is 7.11 Å². The Morgan fingerprint density at radius 2 is 1.89 bits per heavy atom. The summed E-state index contributed by atoms with van der Waals surface area (Å²) in [6, 6.07) is 11.6. The molecule has 3 rings (SSSR count). The highest BCUT2D eigenvalue weighted by atomic mass is 16.5. The predicted octanol–water partition coefficient (Wildman–Crippen LogP) is 2.63. The van der Waals surface area contributed by atoms with Gasteiger partial charge in [-0.2, -0.15) is 5.10 Å². The first-order valence-electron chi connectivity index (χ1n) is 9.34. The Bertz CT molecular complexity index is 658. The molecule has 2 amide bonds. The maximum Gasteiger partial charge on any atom is 0.314 e. The van der Waals surface area contributed by atoms with Crippen LogP contribution in [0.25, 0.3) is 0 Å². The Balaban J connectivity index is 0.000000198. The lowest BCUT2D eigenvalue weighted by molar-refractivity contribution is 0.243. The van der Waals surface area contributed by atoms with E-state index >= 15 is 0 Å². The fraction of sp³-hybridized carbons (Fsp3) is 0.450. The SMILES string of the molecule is CNC(=O)NCCc1ccc(OC)cc1.c1cnnc(N2CCCCC2)c1. The average Bonchev–Trinajstić information content (AvgIpc) is 2.76. The Morgan fingerprint density at radius 3 is 2.48 bits per heavy atom. The van der Waals surface area contributed by atoms with Gasteiger partial charge in [0.25, 0.3) is 0 Å². The number of benzene rings is 1. The van der Waals surface area contributed by atoms with Crippen molar-refractivity contribution in [2.24, 2.45) is 0 Å². The molecule has 0 spiro atoms. The number of hydrogen-bond acceptors (Lipinski definition) is 5. The number of anilines is 1. The lowest BCUT2D eigenvalue weighted by atomic mass is 10.1. The zero-order chi connectivity index (χ0) is 19.3. The number of urea groups is 1. The molecule has 0 bridgehead atoms. The molecule has 27 heavy (non-hydrogen) atoms. The van der Waals surface area contributed by atoms with Gasteiger partial charge in [-0.05, 0) is 55.5 Å². The van der Waals surface area contributed by atoms with Crippen molar-refractivity contribution < 1.29 is 9.53 Å². The molecule has 1 fully saturated rings. The lowest BCUT2D eigenvalue weighted by Gasteiger charge is -2.26. The molecule has 0 atom stereocenters. The van der Waals surface area contributed by atoms with Gasteiger partial charge in [-0.1, -0.05) is 12.1 Å². The lowest BCUT2D eigenvalue weighted by Crippen LogP contribution is -2.33. The molecule has 1 saturated heterocycles. The van der Waals surface area contributed by atoms with Gasteiger partial charge in [0, 0.05) is 32.9 Å². The molecule has 0 unspecified atom stereocenters. The van der Waals surface area contributed by atoms with Gasteiger partial charge in [-0.15, -0.1) is 5.10 Å². The first kappa shape index (κ1) is 20.5. The van der Waals surface area contributed by atoms with Crippen molar-refractivity contribution in [2.45, 2.75) is 25.7 Å². The summed E-state index contributed by atoms with van der Waals surface area (Å²) in [6.07, 6.45) is 6.47. The third-order valence-electron chi connectivity index (χ3n) is 4.32. The first-order valence-corrected chi connectivity index (χ1v) is 9.34. The van der Waals surface area contributed by atoms with Crippen molar-refractivity contribution in [1.29, 1.82) is 0 Å². The molecule has 1 aromatic heterocycles. The van der Waals surface area contributed by atoms with E-state index in [0.29, 0.717) is 6.54 Å². The number of ether oxygens (including phenoxy) is 1. The summed E-state index contributed by atoms with van der Waals surface area (Å²) in [6.45, 7) is 2.91. The molecule has 2 aromatic rings. The van der Waals surface area contributed by atoms with Crippen LogP contribution in [0.4, 0.5) is 10.6 Å². The maximum absolute atomic E-state index is 10.9. The third kappa shape index (κ3) is 7.52. The van der Waals surface area contributed by atoms with Crippen molar-refractivity contribution >= 4 is 11.8 Å². The van der Waals surface area contributed by atoms with Crippen LogP contribution in [0.5, 0.6) is 5.75 Å². The first-order chi connectivity index (χ1) is 13.2. The Kier molecular flexibility index (Phi) is 8.89. The molecule has 1 aliphatic heterocycles. The third-order valence-corrected chi connectivity index (χ3v) is 4.32. The maximum atomic E-state index is 10.9. The average molecular weight is 371 g/mol. The van der Waals surface area contributed by atoms with Crippen LogP contribution in [0, 0.1) is 0 Å². The van der Waals surface area contributed by atoms with Gasteiger partial charge in [0.15, 0.2) is 5.82 Å². The van der Waals surface area contributed by atoms with Crippen molar-refractivity contribution in [3.8, 4) is 5.75 Å². The number of aromatic nitrogens is 2. The molecule has 2 heterocycles. The van der Waals surface area contributed by atoms with Crippen LogP contribution in [0.15, 0.2) is 42.6 Å². The molecule has 7 heteroatoms. The van der Waals surface area contributed by atoms with E-state index in [2.05, 4.69) is 25.7 Å². The van der Waals surface area contributed by atoms with Crippen molar-refractivity contribution in [2.75, 3.05) is 38.7 Å². The summed E-state index contributed by atoms with van der Waals surface area (Å²) < 4.78 is 5.05. The van der Waals surface area contributed by atoms with Crippen molar-refractivity contribution in [1.82, 2.24) is 20.8 Å². The highest BCUT2D eigenvalue weighted by Crippen LogP contribution is 2.15. The minimum Gasteiger partial charge on any atom is -0.497 e.